The first-order valence-electron chi connectivity index (χ1n) is 8.55. The average Bonchev–Trinajstić information content (AvgIpc) is 2.85. The zero-order valence-electron chi connectivity index (χ0n) is 13.5. The minimum absolute atomic E-state index is 0.682. The van der Waals surface area contributed by atoms with Crippen LogP contribution < -0.4 is 10.2 Å². The lowest BCUT2D eigenvalue weighted by Crippen LogP contribution is -2.39. The van der Waals surface area contributed by atoms with Crippen LogP contribution in [-0.2, 0) is 6.54 Å². The van der Waals surface area contributed by atoms with Crippen molar-refractivity contribution in [3.8, 4) is 0 Å². The lowest BCUT2D eigenvalue weighted by Gasteiger charge is -2.33. The van der Waals surface area contributed by atoms with Gasteiger partial charge in [-0.25, -0.2) is 0 Å². The van der Waals surface area contributed by atoms with E-state index in [0.717, 1.165) is 19.6 Å². The van der Waals surface area contributed by atoms with Crippen LogP contribution >= 0.6 is 0 Å². The van der Waals surface area contributed by atoms with Crippen LogP contribution in [0, 0.1) is 0 Å². The summed E-state index contributed by atoms with van der Waals surface area (Å²) in [6, 6.07) is 10.3. The monoisotopic (exact) mass is 287 g/mol. The maximum atomic E-state index is 3.56. The van der Waals surface area contributed by atoms with Gasteiger partial charge >= 0.3 is 0 Å². The minimum atomic E-state index is 0.682. The highest BCUT2D eigenvalue weighted by Gasteiger charge is 2.25. The van der Waals surface area contributed by atoms with Crippen LogP contribution in [0.25, 0.3) is 0 Å². The van der Waals surface area contributed by atoms with Gasteiger partial charge in [-0.3, -0.25) is 0 Å². The molecule has 1 aromatic rings. The standard InChI is InChI=1S/C18H29N3/c1-15(2)20-11-5-7-17(9-12-20)21-13-10-19-14-16-6-3-4-8-18(16)21/h3-4,6,8,15,17,19H,5,7,9-14H2,1-2H3. The molecule has 0 saturated carbocycles. The van der Waals surface area contributed by atoms with Crippen molar-refractivity contribution >= 4 is 5.69 Å². The number of nitrogens with zero attached hydrogens (tertiary/aromatic N) is 2. The van der Waals surface area contributed by atoms with Crippen LogP contribution in [0.1, 0.15) is 38.7 Å². The molecule has 0 radical (unpaired) electrons. The summed E-state index contributed by atoms with van der Waals surface area (Å²) in [7, 11) is 0. The van der Waals surface area contributed by atoms with Gasteiger partial charge in [-0.1, -0.05) is 18.2 Å². The molecule has 21 heavy (non-hydrogen) atoms. The summed E-state index contributed by atoms with van der Waals surface area (Å²) in [6.45, 7) is 10.4. The molecule has 1 unspecified atom stereocenters. The van der Waals surface area contributed by atoms with E-state index >= 15 is 0 Å². The number of nitrogens with one attached hydrogen (secondary N) is 1. The molecule has 1 saturated heterocycles. The molecule has 3 heteroatoms. The van der Waals surface area contributed by atoms with E-state index in [1.165, 1.54) is 43.6 Å². The predicted octanol–water partition coefficient (Wildman–Crippen LogP) is 2.86. The van der Waals surface area contributed by atoms with Crippen molar-refractivity contribution in [3.63, 3.8) is 0 Å². The molecule has 1 N–H and O–H groups in total. The van der Waals surface area contributed by atoms with E-state index in [4.69, 9.17) is 0 Å². The Morgan fingerprint density at radius 1 is 1.10 bits per heavy atom. The summed E-state index contributed by atoms with van der Waals surface area (Å²) >= 11 is 0. The Balaban J connectivity index is 1.77. The molecule has 1 atom stereocenters. The highest BCUT2D eigenvalue weighted by atomic mass is 15.2. The van der Waals surface area contributed by atoms with E-state index in [9.17, 15) is 0 Å². The van der Waals surface area contributed by atoms with Gasteiger partial charge in [-0.2, -0.15) is 0 Å². The van der Waals surface area contributed by atoms with Gasteiger partial charge in [0, 0.05) is 44.0 Å². The largest absolute Gasteiger partial charge is 0.367 e. The second-order valence-corrected chi connectivity index (χ2v) is 6.71. The Morgan fingerprint density at radius 2 is 1.95 bits per heavy atom. The van der Waals surface area contributed by atoms with Crippen LogP contribution in [0.4, 0.5) is 5.69 Å². The number of likely N-dealkylation sites (tertiary alicyclic amines) is 1. The van der Waals surface area contributed by atoms with Crippen molar-refractivity contribution in [2.45, 2.75) is 51.7 Å². The van der Waals surface area contributed by atoms with Crippen molar-refractivity contribution in [2.75, 3.05) is 31.1 Å². The minimum Gasteiger partial charge on any atom is -0.367 e. The highest BCUT2D eigenvalue weighted by molar-refractivity contribution is 5.55. The fraction of sp³-hybridized carbons (Fsp3) is 0.667. The van der Waals surface area contributed by atoms with Gasteiger partial charge in [0.25, 0.3) is 0 Å². The van der Waals surface area contributed by atoms with Gasteiger partial charge in [-0.05, 0) is 51.3 Å². The molecule has 2 aliphatic rings. The van der Waals surface area contributed by atoms with Gasteiger partial charge in [0.2, 0.25) is 0 Å². The number of hydrogen-bond acceptors (Lipinski definition) is 3. The Kier molecular flexibility index (Phi) is 4.81. The van der Waals surface area contributed by atoms with Crippen molar-refractivity contribution in [2.24, 2.45) is 0 Å². The summed E-state index contributed by atoms with van der Waals surface area (Å²) in [6.07, 6.45) is 3.96. The van der Waals surface area contributed by atoms with E-state index in [2.05, 4.69) is 53.2 Å². The van der Waals surface area contributed by atoms with Gasteiger partial charge in [-0.15, -0.1) is 0 Å². The molecule has 2 heterocycles. The van der Waals surface area contributed by atoms with Crippen molar-refractivity contribution in [3.05, 3.63) is 29.8 Å². The van der Waals surface area contributed by atoms with Crippen LogP contribution in [0.3, 0.4) is 0 Å². The summed E-state index contributed by atoms with van der Waals surface area (Å²) < 4.78 is 0. The van der Waals surface area contributed by atoms with Gasteiger partial charge < -0.3 is 15.1 Å². The summed E-state index contributed by atoms with van der Waals surface area (Å²) in [5, 5.41) is 3.56. The first kappa shape index (κ1) is 14.9. The maximum Gasteiger partial charge on any atom is 0.0414 e. The lowest BCUT2D eigenvalue weighted by atomic mass is 10.0. The number of para-hydroxylation sites is 1. The second kappa shape index (κ2) is 6.80. The molecule has 0 amide bonds. The molecule has 1 fully saturated rings. The molecule has 1 aromatic carbocycles. The molecule has 3 rings (SSSR count). The lowest BCUT2D eigenvalue weighted by molar-refractivity contribution is 0.230. The smallest absolute Gasteiger partial charge is 0.0414 e. The normalized spacial score (nSPS) is 24.5. The highest BCUT2D eigenvalue weighted by Crippen LogP contribution is 2.28. The van der Waals surface area contributed by atoms with E-state index in [-0.39, 0.29) is 0 Å². The molecule has 2 aliphatic heterocycles. The molecule has 0 spiro atoms. The molecule has 3 nitrogen and oxygen atoms in total. The average molecular weight is 287 g/mol. The first-order chi connectivity index (χ1) is 10.3. The van der Waals surface area contributed by atoms with E-state index in [1.807, 2.05) is 0 Å². The Morgan fingerprint density at radius 3 is 2.81 bits per heavy atom. The van der Waals surface area contributed by atoms with Gasteiger partial charge in [0.05, 0.1) is 0 Å². The topological polar surface area (TPSA) is 18.5 Å². The van der Waals surface area contributed by atoms with Crippen LogP contribution in [0.15, 0.2) is 24.3 Å². The third kappa shape index (κ3) is 3.41. The third-order valence-corrected chi connectivity index (χ3v) is 5.05. The quantitative estimate of drug-likeness (QED) is 0.902. The predicted molar refractivity (Wildman–Crippen MR) is 89.8 cm³/mol. The molecule has 0 aliphatic carbocycles. The Labute approximate surface area is 129 Å². The first-order valence-corrected chi connectivity index (χ1v) is 8.55. The van der Waals surface area contributed by atoms with Crippen LogP contribution in [0.2, 0.25) is 0 Å². The van der Waals surface area contributed by atoms with E-state index in [1.54, 1.807) is 0 Å². The number of benzene rings is 1. The summed E-state index contributed by atoms with van der Waals surface area (Å²) in [5.41, 5.74) is 2.92. The zero-order chi connectivity index (χ0) is 14.7. The number of rotatable bonds is 2. The molecular weight excluding hydrogens is 258 g/mol. The van der Waals surface area contributed by atoms with E-state index < -0.39 is 0 Å². The SMILES string of the molecule is CC(C)N1CCCC(N2CCNCc3ccccc32)CC1. The zero-order valence-corrected chi connectivity index (χ0v) is 13.5. The van der Waals surface area contributed by atoms with Gasteiger partial charge in [0.1, 0.15) is 0 Å². The van der Waals surface area contributed by atoms with Gasteiger partial charge in [0.15, 0.2) is 0 Å². The van der Waals surface area contributed by atoms with E-state index in [0.29, 0.717) is 12.1 Å². The number of fused-ring (bicyclic) bond motifs is 1. The molecule has 0 aromatic heterocycles. The molecule has 116 valence electrons. The van der Waals surface area contributed by atoms with Crippen LogP contribution in [-0.4, -0.2) is 43.2 Å². The Bertz CT molecular complexity index is 458. The summed E-state index contributed by atoms with van der Waals surface area (Å²) in [5.74, 6) is 0. The van der Waals surface area contributed by atoms with Crippen LogP contribution in [0.5, 0.6) is 0 Å². The van der Waals surface area contributed by atoms with Crippen molar-refractivity contribution < 1.29 is 0 Å². The fourth-order valence-electron chi connectivity index (χ4n) is 3.79. The molecular formula is C18H29N3. The van der Waals surface area contributed by atoms with Crippen molar-refractivity contribution in [1.29, 1.82) is 0 Å². The van der Waals surface area contributed by atoms with Crippen molar-refractivity contribution in [1.82, 2.24) is 10.2 Å². The third-order valence-electron chi connectivity index (χ3n) is 5.05. The Hall–Kier alpha value is -1.06. The fourth-order valence-corrected chi connectivity index (χ4v) is 3.79. The maximum absolute atomic E-state index is 3.56. The number of hydrogen-bond donors (Lipinski definition) is 1. The summed E-state index contributed by atoms with van der Waals surface area (Å²) in [4.78, 5) is 5.32. The number of anilines is 1. The molecule has 0 bridgehead atoms. The second-order valence-electron chi connectivity index (χ2n) is 6.71.